The number of fused-ring (bicyclic) bond motifs is 1. The summed E-state index contributed by atoms with van der Waals surface area (Å²) in [7, 11) is 0. The van der Waals surface area contributed by atoms with Crippen molar-refractivity contribution in [2.24, 2.45) is 5.41 Å². The third kappa shape index (κ3) is 4.59. The molecule has 8 heteroatoms. The lowest BCUT2D eigenvalue weighted by Gasteiger charge is -2.27. The lowest BCUT2D eigenvalue weighted by Crippen LogP contribution is -2.42. The number of hydrogen-bond donors (Lipinski definition) is 1. The molecule has 0 aromatic heterocycles. The number of amides is 2. The van der Waals surface area contributed by atoms with Crippen LogP contribution >= 0.6 is 0 Å². The smallest absolute Gasteiger partial charge is 0.269 e. The van der Waals surface area contributed by atoms with Gasteiger partial charge in [-0.3, -0.25) is 19.7 Å². The van der Waals surface area contributed by atoms with Gasteiger partial charge in [0.15, 0.2) is 0 Å². The van der Waals surface area contributed by atoms with Gasteiger partial charge < -0.3 is 15.0 Å². The van der Waals surface area contributed by atoms with Crippen LogP contribution in [0.2, 0.25) is 0 Å². The van der Waals surface area contributed by atoms with Crippen LogP contribution in [0.1, 0.15) is 32.8 Å². The van der Waals surface area contributed by atoms with Gasteiger partial charge in [-0.15, -0.1) is 0 Å². The quantitative estimate of drug-likeness (QED) is 0.573. The second kappa shape index (κ2) is 8.52. The normalized spacial score (nSPS) is 15.0. The second-order valence-corrected chi connectivity index (χ2v) is 7.96. The van der Waals surface area contributed by atoms with Crippen molar-refractivity contribution in [3.8, 4) is 5.75 Å². The zero-order valence-electron chi connectivity index (χ0n) is 17.3. The topological polar surface area (TPSA) is 102 Å². The molecule has 0 fully saturated rings. The fraction of sp³-hybridized carbons (Fsp3) is 0.364. The lowest BCUT2D eigenvalue weighted by molar-refractivity contribution is -0.384. The Labute approximate surface area is 175 Å². The number of nitrogens with one attached hydrogen (secondary N) is 1. The van der Waals surface area contributed by atoms with Gasteiger partial charge in [0.1, 0.15) is 12.4 Å². The first-order valence-corrected chi connectivity index (χ1v) is 9.83. The van der Waals surface area contributed by atoms with Crippen LogP contribution in [-0.4, -0.2) is 29.9 Å². The molecule has 1 aliphatic rings. The maximum absolute atomic E-state index is 12.9. The van der Waals surface area contributed by atoms with E-state index in [2.05, 4.69) is 5.32 Å². The number of rotatable bonds is 6. The van der Waals surface area contributed by atoms with Crippen LogP contribution in [0.15, 0.2) is 42.5 Å². The molecule has 0 radical (unpaired) electrons. The molecule has 2 amide bonds. The number of hydrogen-bond acceptors (Lipinski definition) is 5. The molecular formula is C22H25N3O5. The van der Waals surface area contributed by atoms with Crippen LogP contribution in [0, 0.1) is 15.5 Å². The maximum Gasteiger partial charge on any atom is 0.269 e. The van der Waals surface area contributed by atoms with Crippen LogP contribution in [0.3, 0.4) is 0 Å². The minimum atomic E-state index is -0.645. The van der Waals surface area contributed by atoms with E-state index in [-0.39, 0.29) is 30.5 Å². The van der Waals surface area contributed by atoms with Gasteiger partial charge >= 0.3 is 0 Å². The number of nitro benzene ring substituents is 1. The zero-order chi connectivity index (χ0) is 21.9. The van der Waals surface area contributed by atoms with Crippen LogP contribution in [0.4, 0.5) is 17.1 Å². The summed E-state index contributed by atoms with van der Waals surface area (Å²) in [5, 5.41) is 13.6. The molecule has 2 aromatic rings. The first-order chi connectivity index (χ1) is 14.2. The summed E-state index contributed by atoms with van der Waals surface area (Å²) in [6.07, 6.45) is 0.901. The molecule has 1 N–H and O–H groups in total. The SMILES string of the molecule is CCCN1C(=O)C(C)(C)COc2cc(NC(=O)Cc3ccc([N+](=O)[O-])cc3)ccc21. The first kappa shape index (κ1) is 21.3. The molecule has 158 valence electrons. The van der Waals surface area contributed by atoms with E-state index >= 15 is 0 Å². The Bertz CT molecular complexity index is 969. The van der Waals surface area contributed by atoms with Crippen molar-refractivity contribution in [1.82, 2.24) is 0 Å². The van der Waals surface area contributed by atoms with Crippen molar-refractivity contribution in [1.29, 1.82) is 0 Å². The Morgan fingerprint density at radius 3 is 2.57 bits per heavy atom. The summed E-state index contributed by atoms with van der Waals surface area (Å²) >= 11 is 0. The van der Waals surface area contributed by atoms with Crippen molar-refractivity contribution in [3.63, 3.8) is 0 Å². The van der Waals surface area contributed by atoms with Crippen LogP contribution in [-0.2, 0) is 16.0 Å². The van der Waals surface area contributed by atoms with Gasteiger partial charge in [0, 0.05) is 30.4 Å². The number of carbonyl (C=O) groups is 2. The number of carbonyl (C=O) groups excluding carboxylic acids is 2. The van der Waals surface area contributed by atoms with Crippen molar-refractivity contribution in [2.45, 2.75) is 33.6 Å². The molecule has 1 heterocycles. The van der Waals surface area contributed by atoms with Crippen molar-refractivity contribution in [2.75, 3.05) is 23.4 Å². The molecule has 0 unspecified atom stereocenters. The second-order valence-electron chi connectivity index (χ2n) is 7.96. The molecule has 0 atom stereocenters. The molecule has 30 heavy (non-hydrogen) atoms. The highest BCUT2D eigenvalue weighted by Gasteiger charge is 2.37. The highest BCUT2D eigenvalue weighted by Crippen LogP contribution is 2.38. The number of nitrogens with zero attached hydrogens (tertiary/aromatic N) is 2. The molecule has 3 rings (SSSR count). The average Bonchev–Trinajstić information content (AvgIpc) is 2.79. The predicted molar refractivity (Wildman–Crippen MR) is 114 cm³/mol. The summed E-state index contributed by atoms with van der Waals surface area (Å²) in [5.41, 5.74) is 1.26. The van der Waals surface area contributed by atoms with E-state index in [9.17, 15) is 19.7 Å². The fourth-order valence-electron chi connectivity index (χ4n) is 3.30. The summed E-state index contributed by atoms with van der Waals surface area (Å²) in [5.74, 6) is 0.313. The van der Waals surface area contributed by atoms with Gasteiger partial charge in [0.05, 0.1) is 22.4 Å². The number of ether oxygens (including phenoxy) is 1. The number of anilines is 2. The van der Waals surface area contributed by atoms with Crippen molar-refractivity contribution >= 4 is 28.9 Å². The van der Waals surface area contributed by atoms with E-state index in [1.54, 1.807) is 35.2 Å². The van der Waals surface area contributed by atoms with E-state index < -0.39 is 10.3 Å². The van der Waals surface area contributed by atoms with E-state index in [0.717, 1.165) is 6.42 Å². The molecule has 0 spiro atoms. The minimum Gasteiger partial charge on any atom is -0.490 e. The van der Waals surface area contributed by atoms with E-state index in [0.29, 0.717) is 29.2 Å². The van der Waals surface area contributed by atoms with Crippen molar-refractivity contribution in [3.05, 3.63) is 58.1 Å². The van der Waals surface area contributed by atoms with Gasteiger partial charge in [-0.2, -0.15) is 0 Å². The Kier molecular flexibility index (Phi) is 6.05. The molecule has 0 saturated carbocycles. The van der Waals surface area contributed by atoms with E-state index in [1.165, 1.54) is 12.1 Å². The highest BCUT2D eigenvalue weighted by atomic mass is 16.6. The van der Waals surface area contributed by atoms with Gasteiger partial charge in [-0.1, -0.05) is 19.1 Å². The third-order valence-corrected chi connectivity index (χ3v) is 4.91. The first-order valence-electron chi connectivity index (χ1n) is 9.83. The number of nitro groups is 1. The minimum absolute atomic E-state index is 0.0121. The molecule has 2 aromatic carbocycles. The molecule has 0 saturated heterocycles. The summed E-state index contributed by atoms with van der Waals surface area (Å²) in [6.45, 7) is 6.57. The molecule has 8 nitrogen and oxygen atoms in total. The zero-order valence-corrected chi connectivity index (χ0v) is 17.3. The lowest BCUT2D eigenvalue weighted by atomic mass is 9.93. The van der Waals surface area contributed by atoms with Gasteiger partial charge in [0.2, 0.25) is 11.8 Å². The van der Waals surface area contributed by atoms with E-state index in [4.69, 9.17) is 4.74 Å². The standard InChI is InChI=1S/C22H25N3O5/c1-4-11-24-18-10-7-16(13-19(18)30-14-22(2,3)21(24)27)23-20(26)12-15-5-8-17(9-6-15)25(28)29/h5-10,13H,4,11-12,14H2,1-3H3,(H,23,26). The van der Waals surface area contributed by atoms with Crippen LogP contribution in [0.5, 0.6) is 5.75 Å². The Hall–Kier alpha value is -3.42. The molecule has 0 aliphatic carbocycles. The average molecular weight is 411 g/mol. The summed E-state index contributed by atoms with van der Waals surface area (Å²) < 4.78 is 5.91. The van der Waals surface area contributed by atoms with Gasteiger partial charge in [0.25, 0.3) is 5.69 Å². The Morgan fingerprint density at radius 2 is 1.93 bits per heavy atom. The molecule has 0 bridgehead atoms. The summed E-state index contributed by atoms with van der Waals surface area (Å²) in [4.78, 5) is 37.3. The van der Waals surface area contributed by atoms with E-state index in [1.807, 2.05) is 20.8 Å². The van der Waals surface area contributed by atoms with Crippen LogP contribution in [0.25, 0.3) is 0 Å². The third-order valence-electron chi connectivity index (χ3n) is 4.91. The maximum atomic E-state index is 12.9. The Morgan fingerprint density at radius 1 is 1.23 bits per heavy atom. The summed E-state index contributed by atoms with van der Waals surface area (Å²) in [6, 6.07) is 11.1. The highest BCUT2D eigenvalue weighted by molar-refractivity contribution is 6.00. The monoisotopic (exact) mass is 411 g/mol. The fourth-order valence-corrected chi connectivity index (χ4v) is 3.30. The largest absolute Gasteiger partial charge is 0.490 e. The van der Waals surface area contributed by atoms with Crippen molar-refractivity contribution < 1.29 is 19.2 Å². The number of non-ortho nitro benzene ring substituents is 1. The molecular weight excluding hydrogens is 386 g/mol. The predicted octanol–water partition coefficient (Wildman–Crippen LogP) is 3.94. The Balaban J connectivity index is 1.75. The molecule has 1 aliphatic heterocycles. The van der Waals surface area contributed by atoms with Gasteiger partial charge in [-0.25, -0.2) is 0 Å². The number of benzene rings is 2. The van der Waals surface area contributed by atoms with Gasteiger partial charge in [-0.05, 0) is 38.0 Å². The van der Waals surface area contributed by atoms with Crippen LogP contribution < -0.4 is 15.0 Å².